The number of rotatable bonds is 6. The van der Waals surface area contributed by atoms with E-state index in [0.29, 0.717) is 22.9 Å². The SMILES string of the molecule is CC(C)N1CCN(c2ccc3c(c2)C(=O)N(Cc2ccc(-c4ccc(C(F)F)o4)cn2)C(=O)C3(C)C)CC1. The van der Waals surface area contributed by atoms with Crippen molar-refractivity contribution in [2.45, 2.75) is 52.1 Å². The molecule has 0 radical (unpaired) electrons. The van der Waals surface area contributed by atoms with Gasteiger partial charge in [0.1, 0.15) is 5.76 Å². The first kappa shape index (κ1) is 26.0. The summed E-state index contributed by atoms with van der Waals surface area (Å²) in [6.45, 7) is 11.8. The van der Waals surface area contributed by atoms with Gasteiger partial charge in [-0.3, -0.25) is 24.4 Å². The quantitative estimate of drug-likeness (QED) is 0.411. The van der Waals surface area contributed by atoms with Gasteiger partial charge in [-0.15, -0.1) is 0 Å². The molecule has 2 amide bonds. The highest BCUT2D eigenvalue weighted by Crippen LogP contribution is 2.37. The van der Waals surface area contributed by atoms with Gasteiger partial charge >= 0.3 is 0 Å². The molecule has 9 heteroatoms. The second kappa shape index (κ2) is 9.94. The Morgan fingerprint density at radius 3 is 2.34 bits per heavy atom. The molecule has 2 aliphatic heterocycles. The van der Waals surface area contributed by atoms with E-state index in [9.17, 15) is 18.4 Å². The van der Waals surface area contributed by atoms with E-state index in [1.54, 1.807) is 12.1 Å². The molecule has 0 atom stereocenters. The fraction of sp³-hybridized carbons (Fsp3) is 0.414. The van der Waals surface area contributed by atoms with Crippen molar-refractivity contribution in [3.63, 3.8) is 0 Å². The number of imide groups is 1. The van der Waals surface area contributed by atoms with E-state index >= 15 is 0 Å². The first-order valence-electron chi connectivity index (χ1n) is 12.9. The maximum absolute atomic E-state index is 13.6. The van der Waals surface area contributed by atoms with Gasteiger partial charge in [0.25, 0.3) is 12.3 Å². The summed E-state index contributed by atoms with van der Waals surface area (Å²) in [7, 11) is 0. The first-order valence-corrected chi connectivity index (χ1v) is 12.9. The van der Waals surface area contributed by atoms with Crippen LogP contribution in [0.2, 0.25) is 0 Å². The van der Waals surface area contributed by atoms with Crippen molar-refractivity contribution >= 4 is 17.5 Å². The zero-order valence-electron chi connectivity index (χ0n) is 22.1. The van der Waals surface area contributed by atoms with Gasteiger partial charge in [-0.25, -0.2) is 8.78 Å². The Hall–Kier alpha value is -3.59. The summed E-state index contributed by atoms with van der Waals surface area (Å²) >= 11 is 0. The van der Waals surface area contributed by atoms with Crippen LogP contribution in [0.1, 0.15) is 61.5 Å². The minimum absolute atomic E-state index is 0.0124. The highest BCUT2D eigenvalue weighted by Gasteiger charge is 2.44. The van der Waals surface area contributed by atoms with E-state index in [1.165, 1.54) is 23.2 Å². The van der Waals surface area contributed by atoms with Gasteiger partial charge in [-0.2, -0.15) is 0 Å². The Kier molecular flexibility index (Phi) is 6.81. The van der Waals surface area contributed by atoms with Gasteiger partial charge < -0.3 is 9.32 Å². The van der Waals surface area contributed by atoms with Crippen LogP contribution in [-0.4, -0.2) is 58.8 Å². The number of carbonyl (C=O) groups is 2. The smallest absolute Gasteiger partial charge is 0.295 e. The monoisotopic (exact) mass is 522 g/mol. The number of furan rings is 1. The molecule has 7 nitrogen and oxygen atoms in total. The molecule has 1 aromatic carbocycles. The third-order valence-electron chi connectivity index (χ3n) is 7.61. The summed E-state index contributed by atoms with van der Waals surface area (Å²) in [6.07, 6.45) is -1.19. The lowest BCUT2D eigenvalue weighted by Crippen LogP contribution is -2.51. The fourth-order valence-corrected chi connectivity index (χ4v) is 5.23. The van der Waals surface area contributed by atoms with Crippen LogP contribution in [0.5, 0.6) is 0 Å². The number of pyridine rings is 1. The number of aromatic nitrogens is 1. The van der Waals surface area contributed by atoms with Crippen molar-refractivity contribution in [1.29, 1.82) is 0 Å². The molecule has 0 saturated carbocycles. The Balaban J connectivity index is 1.37. The summed E-state index contributed by atoms with van der Waals surface area (Å²) in [5.74, 6) is -0.755. The number of amides is 2. The van der Waals surface area contributed by atoms with Crippen LogP contribution in [-0.2, 0) is 16.8 Å². The average molecular weight is 523 g/mol. The fourth-order valence-electron chi connectivity index (χ4n) is 5.23. The summed E-state index contributed by atoms with van der Waals surface area (Å²) in [5.41, 5.74) is 2.41. The molecule has 0 N–H and O–H groups in total. The van der Waals surface area contributed by atoms with E-state index in [-0.39, 0.29) is 24.1 Å². The van der Waals surface area contributed by atoms with Crippen molar-refractivity contribution in [3.05, 3.63) is 71.2 Å². The number of carbonyl (C=O) groups excluding carboxylic acids is 2. The lowest BCUT2D eigenvalue weighted by molar-refractivity contribution is -0.134. The Bertz CT molecular complexity index is 1340. The van der Waals surface area contributed by atoms with Crippen LogP contribution in [0.15, 0.2) is 53.1 Å². The molecule has 0 bridgehead atoms. The Morgan fingerprint density at radius 1 is 1.00 bits per heavy atom. The van der Waals surface area contributed by atoms with Gasteiger partial charge in [0.05, 0.1) is 17.7 Å². The number of nitrogens with zero attached hydrogens (tertiary/aromatic N) is 4. The molecular weight excluding hydrogens is 490 g/mol. The highest BCUT2D eigenvalue weighted by molar-refractivity contribution is 6.13. The molecule has 1 saturated heterocycles. The topological polar surface area (TPSA) is 69.9 Å². The second-order valence-corrected chi connectivity index (χ2v) is 10.7. The van der Waals surface area contributed by atoms with Gasteiger partial charge in [-0.1, -0.05) is 6.07 Å². The van der Waals surface area contributed by atoms with Gasteiger partial charge in [0, 0.05) is 55.2 Å². The molecule has 1 fully saturated rings. The third-order valence-corrected chi connectivity index (χ3v) is 7.61. The molecule has 2 aromatic heterocycles. The Morgan fingerprint density at radius 2 is 1.74 bits per heavy atom. The summed E-state index contributed by atoms with van der Waals surface area (Å²) < 4.78 is 30.9. The number of hydrogen-bond donors (Lipinski definition) is 0. The number of hydrogen-bond acceptors (Lipinski definition) is 6. The zero-order valence-corrected chi connectivity index (χ0v) is 22.1. The van der Waals surface area contributed by atoms with E-state index in [2.05, 4.69) is 28.6 Å². The number of piperazine rings is 1. The van der Waals surface area contributed by atoms with Crippen LogP contribution in [0.4, 0.5) is 14.5 Å². The van der Waals surface area contributed by atoms with Crippen molar-refractivity contribution in [3.8, 4) is 11.3 Å². The van der Waals surface area contributed by atoms with Crippen molar-refractivity contribution < 1.29 is 22.8 Å². The maximum Gasteiger partial charge on any atom is 0.295 e. The van der Waals surface area contributed by atoms with Crippen molar-refractivity contribution in [2.24, 2.45) is 0 Å². The van der Waals surface area contributed by atoms with E-state index < -0.39 is 17.6 Å². The standard InChI is InChI=1S/C29H32F2N4O3/c1-18(2)33-11-13-34(14-12-33)21-7-8-23-22(15-21)27(36)35(28(37)29(23,3)4)17-20-6-5-19(16-32-20)24-9-10-25(38-24)26(30)31/h5-10,15-16,18,26H,11-14,17H2,1-4H3. The molecule has 200 valence electrons. The predicted octanol–water partition coefficient (Wildman–Crippen LogP) is 5.27. The number of anilines is 1. The Labute approximate surface area is 221 Å². The van der Waals surface area contributed by atoms with Crippen LogP contribution in [0, 0.1) is 0 Å². The first-order chi connectivity index (χ1) is 18.1. The number of benzene rings is 1. The van der Waals surface area contributed by atoms with Crippen LogP contribution in [0.3, 0.4) is 0 Å². The van der Waals surface area contributed by atoms with Crippen LogP contribution < -0.4 is 4.90 Å². The molecule has 5 rings (SSSR count). The minimum Gasteiger partial charge on any atom is -0.455 e. The molecule has 4 heterocycles. The summed E-state index contributed by atoms with van der Waals surface area (Å²) in [5, 5.41) is 0. The van der Waals surface area contributed by atoms with E-state index in [1.807, 2.05) is 32.0 Å². The van der Waals surface area contributed by atoms with Gasteiger partial charge in [-0.05, 0) is 69.7 Å². The number of fused-ring (bicyclic) bond motifs is 1. The molecular formula is C29H32F2N4O3. The minimum atomic E-state index is -2.69. The van der Waals surface area contributed by atoms with Crippen molar-refractivity contribution in [2.75, 3.05) is 31.1 Å². The van der Waals surface area contributed by atoms with Crippen molar-refractivity contribution in [1.82, 2.24) is 14.8 Å². The molecule has 2 aliphatic rings. The molecule has 0 aliphatic carbocycles. The number of halogens is 2. The second-order valence-electron chi connectivity index (χ2n) is 10.7. The largest absolute Gasteiger partial charge is 0.455 e. The lowest BCUT2D eigenvalue weighted by atomic mass is 9.77. The molecule has 3 aromatic rings. The third kappa shape index (κ3) is 4.71. The van der Waals surface area contributed by atoms with E-state index in [4.69, 9.17) is 4.42 Å². The van der Waals surface area contributed by atoms with Crippen LogP contribution in [0.25, 0.3) is 11.3 Å². The predicted molar refractivity (Wildman–Crippen MR) is 140 cm³/mol. The summed E-state index contributed by atoms with van der Waals surface area (Å²) in [4.78, 5) is 37.4. The molecule has 0 spiro atoms. The van der Waals surface area contributed by atoms with E-state index in [0.717, 1.165) is 37.4 Å². The average Bonchev–Trinajstić information content (AvgIpc) is 3.41. The molecule has 0 unspecified atom stereocenters. The summed E-state index contributed by atoms with van der Waals surface area (Å²) in [6, 6.07) is 12.4. The zero-order chi connectivity index (χ0) is 27.2. The lowest BCUT2D eigenvalue weighted by Gasteiger charge is -2.40. The van der Waals surface area contributed by atoms with Crippen LogP contribution >= 0.6 is 0 Å². The number of alkyl halides is 2. The molecule has 38 heavy (non-hydrogen) atoms. The van der Waals surface area contributed by atoms with Gasteiger partial charge in [0.15, 0.2) is 5.76 Å². The van der Waals surface area contributed by atoms with Gasteiger partial charge in [0.2, 0.25) is 5.91 Å². The normalized spacial score (nSPS) is 18.0. The maximum atomic E-state index is 13.6. The highest BCUT2D eigenvalue weighted by atomic mass is 19.3.